The number of rotatable bonds is 11. The molecule has 9 nitrogen and oxygen atoms in total. The summed E-state index contributed by atoms with van der Waals surface area (Å²) < 4.78 is 5.25. The van der Waals surface area contributed by atoms with E-state index in [1.807, 2.05) is 13.8 Å². The molecular formula is C26H43N3O6. The van der Waals surface area contributed by atoms with Crippen molar-refractivity contribution < 1.29 is 29.3 Å². The summed E-state index contributed by atoms with van der Waals surface area (Å²) in [7, 11) is 0. The Morgan fingerprint density at radius 3 is 2.26 bits per heavy atom. The van der Waals surface area contributed by atoms with E-state index in [2.05, 4.69) is 10.6 Å². The monoisotopic (exact) mass is 493 g/mol. The fourth-order valence-electron chi connectivity index (χ4n) is 3.53. The minimum absolute atomic E-state index is 0.0894. The van der Waals surface area contributed by atoms with Crippen molar-refractivity contribution in [2.75, 3.05) is 13.2 Å². The molecule has 0 radical (unpaired) electrons. The van der Waals surface area contributed by atoms with Crippen LogP contribution in [0, 0.1) is 6.92 Å². The first kappa shape index (κ1) is 30.2. The number of carbonyl (C=O) groups is 3. The van der Waals surface area contributed by atoms with E-state index < -0.39 is 47.7 Å². The quantitative estimate of drug-likeness (QED) is 0.349. The van der Waals surface area contributed by atoms with Crippen LogP contribution in [0.15, 0.2) is 18.2 Å². The predicted molar refractivity (Wildman–Crippen MR) is 135 cm³/mol. The topological polar surface area (TPSA) is 128 Å². The fourth-order valence-corrected chi connectivity index (χ4v) is 3.53. The molecule has 0 spiro atoms. The van der Waals surface area contributed by atoms with Crippen LogP contribution >= 0.6 is 0 Å². The van der Waals surface area contributed by atoms with Gasteiger partial charge in [-0.25, -0.2) is 4.79 Å². The molecule has 35 heavy (non-hydrogen) atoms. The maximum atomic E-state index is 13.9. The molecule has 4 N–H and O–H groups in total. The van der Waals surface area contributed by atoms with Crippen LogP contribution in [0.1, 0.15) is 84.9 Å². The molecule has 0 aliphatic heterocycles. The molecule has 0 saturated carbocycles. The first-order valence-electron chi connectivity index (χ1n) is 12.2. The van der Waals surface area contributed by atoms with Gasteiger partial charge in [0.15, 0.2) is 0 Å². The number of nitrogens with zero attached hydrogens (tertiary/aromatic N) is 1. The van der Waals surface area contributed by atoms with Crippen molar-refractivity contribution in [2.24, 2.45) is 0 Å². The number of ether oxygens (including phenoxy) is 1. The molecule has 0 heterocycles. The molecule has 0 fully saturated rings. The Hall–Kier alpha value is -2.81. The van der Waals surface area contributed by atoms with Crippen molar-refractivity contribution in [1.29, 1.82) is 0 Å². The fraction of sp³-hybridized carbons (Fsp3) is 0.654. The summed E-state index contributed by atoms with van der Waals surface area (Å²) in [5.74, 6) is -1.21. The van der Waals surface area contributed by atoms with E-state index in [4.69, 9.17) is 4.74 Å². The summed E-state index contributed by atoms with van der Waals surface area (Å²) in [5.41, 5.74) is -0.850. The van der Waals surface area contributed by atoms with E-state index in [9.17, 15) is 24.6 Å². The Kier molecular flexibility index (Phi) is 11.0. The summed E-state index contributed by atoms with van der Waals surface area (Å²) >= 11 is 0. The molecule has 2 atom stereocenters. The van der Waals surface area contributed by atoms with Crippen molar-refractivity contribution in [1.82, 2.24) is 15.5 Å². The summed E-state index contributed by atoms with van der Waals surface area (Å²) in [6.45, 7) is 14.0. The number of amides is 3. The minimum atomic E-state index is -1.35. The van der Waals surface area contributed by atoms with Gasteiger partial charge in [-0.3, -0.25) is 9.59 Å². The van der Waals surface area contributed by atoms with Crippen LogP contribution in [0.25, 0.3) is 0 Å². The van der Waals surface area contributed by atoms with Crippen LogP contribution in [-0.4, -0.2) is 63.4 Å². The largest absolute Gasteiger partial charge is 0.507 e. The predicted octanol–water partition coefficient (Wildman–Crippen LogP) is 3.56. The normalized spacial score (nSPS) is 13.5. The number of phenolic OH excluding ortho intramolecular Hbond substituents is 1. The van der Waals surface area contributed by atoms with Crippen LogP contribution in [0.3, 0.4) is 0 Å². The average Bonchev–Trinajstić information content (AvgIpc) is 2.76. The lowest BCUT2D eigenvalue weighted by Gasteiger charge is -2.44. The van der Waals surface area contributed by atoms with E-state index in [0.717, 1.165) is 12.8 Å². The Morgan fingerprint density at radius 2 is 1.74 bits per heavy atom. The van der Waals surface area contributed by atoms with Crippen molar-refractivity contribution in [2.45, 2.75) is 97.9 Å². The van der Waals surface area contributed by atoms with Crippen LogP contribution < -0.4 is 10.6 Å². The first-order chi connectivity index (χ1) is 16.2. The Balaban J connectivity index is 3.58. The van der Waals surface area contributed by atoms with Gasteiger partial charge in [-0.05, 0) is 59.9 Å². The van der Waals surface area contributed by atoms with E-state index in [-0.39, 0.29) is 11.3 Å². The summed E-state index contributed by atoms with van der Waals surface area (Å²) in [6, 6.07) is 2.48. The zero-order valence-corrected chi connectivity index (χ0v) is 22.4. The summed E-state index contributed by atoms with van der Waals surface area (Å²) in [4.78, 5) is 41.1. The summed E-state index contributed by atoms with van der Waals surface area (Å²) in [6.07, 6.45) is 1.23. The van der Waals surface area contributed by atoms with E-state index in [0.29, 0.717) is 18.5 Å². The van der Waals surface area contributed by atoms with E-state index in [1.54, 1.807) is 59.7 Å². The lowest BCUT2D eigenvalue weighted by atomic mass is 9.91. The molecule has 0 saturated heterocycles. The van der Waals surface area contributed by atoms with E-state index >= 15 is 0 Å². The number of aromatic hydroxyl groups is 1. The number of hydrogen-bond acceptors (Lipinski definition) is 6. The summed E-state index contributed by atoms with van der Waals surface area (Å²) in [5, 5.41) is 26.2. The van der Waals surface area contributed by atoms with Gasteiger partial charge < -0.3 is 30.5 Å². The Bertz CT molecular complexity index is 878. The maximum absolute atomic E-state index is 13.9. The molecule has 0 aromatic heterocycles. The molecule has 0 bridgehead atoms. The minimum Gasteiger partial charge on any atom is -0.507 e. The second-order valence-electron chi connectivity index (χ2n) is 10.3. The number of aryl methyl sites for hydroxylation is 1. The number of para-hydroxylation sites is 1. The van der Waals surface area contributed by atoms with Crippen molar-refractivity contribution in [3.05, 3.63) is 29.3 Å². The lowest BCUT2D eigenvalue weighted by Crippen LogP contribution is -2.60. The molecule has 1 rings (SSSR count). The number of carbonyl (C=O) groups excluding carboxylic acids is 3. The second kappa shape index (κ2) is 12.8. The average molecular weight is 494 g/mol. The Labute approximate surface area is 209 Å². The number of aliphatic hydroxyl groups is 1. The number of phenols is 1. The number of nitrogens with one attached hydrogen (secondary N) is 2. The molecule has 9 heteroatoms. The highest BCUT2D eigenvalue weighted by atomic mass is 16.6. The molecule has 3 amide bonds. The smallest absolute Gasteiger partial charge is 0.408 e. The van der Waals surface area contributed by atoms with Gasteiger partial charge in [-0.1, -0.05) is 38.5 Å². The van der Waals surface area contributed by atoms with Crippen molar-refractivity contribution >= 4 is 17.9 Å². The van der Waals surface area contributed by atoms with Gasteiger partial charge in [-0.15, -0.1) is 0 Å². The third-order valence-corrected chi connectivity index (χ3v) is 5.83. The van der Waals surface area contributed by atoms with Crippen molar-refractivity contribution in [3.8, 4) is 5.75 Å². The molecule has 0 aliphatic rings. The van der Waals surface area contributed by atoms with Gasteiger partial charge in [-0.2, -0.15) is 0 Å². The van der Waals surface area contributed by atoms with Gasteiger partial charge in [0.25, 0.3) is 0 Å². The molecule has 198 valence electrons. The standard InChI is InChI=1S/C26H43N3O6/c1-9-11-15-27-22(32)20(18-14-12-13-17(3)21(18)31)29(26(7,8)10-2)23(33)19(16-30)28-24(34)35-25(4,5)6/h12-14,19-20,30-31H,9-11,15-16H2,1-8H3,(H,27,32)(H,28,34). The molecule has 0 aliphatic carbocycles. The second-order valence-corrected chi connectivity index (χ2v) is 10.3. The maximum Gasteiger partial charge on any atom is 0.408 e. The van der Waals surface area contributed by atoms with Crippen LogP contribution in [0.2, 0.25) is 0 Å². The number of alkyl carbamates (subject to hydrolysis) is 1. The highest BCUT2D eigenvalue weighted by Crippen LogP contribution is 2.37. The highest BCUT2D eigenvalue weighted by Gasteiger charge is 2.43. The molecule has 2 unspecified atom stereocenters. The molecular weight excluding hydrogens is 450 g/mol. The number of unbranched alkanes of at least 4 members (excludes halogenated alkanes) is 1. The third-order valence-electron chi connectivity index (χ3n) is 5.83. The van der Waals surface area contributed by atoms with Gasteiger partial charge in [0, 0.05) is 17.6 Å². The lowest BCUT2D eigenvalue weighted by molar-refractivity contribution is -0.150. The number of hydrogen-bond donors (Lipinski definition) is 4. The molecule has 1 aromatic rings. The van der Waals surface area contributed by atoms with Crippen LogP contribution in [0.5, 0.6) is 5.75 Å². The van der Waals surface area contributed by atoms with Crippen molar-refractivity contribution in [3.63, 3.8) is 0 Å². The number of benzene rings is 1. The van der Waals surface area contributed by atoms with Gasteiger partial charge in [0.05, 0.1) is 6.61 Å². The Morgan fingerprint density at radius 1 is 1.11 bits per heavy atom. The zero-order valence-electron chi connectivity index (χ0n) is 22.4. The number of aliphatic hydroxyl groups excluding tert-OH is 1. The first-order valence-corrected chi connectivity index (χ1v) is 12.2. The van der Waals surface area contributed by atoms with Crippen LogP contribution in [0.4, 0.5) is 4.79 Å². The molecule has 1 aromatic carbocycles. The van der Waals surface area contributed by atoms with Gasteiger partial charge in [0.1, 0.15) is 23.4 Å². The highest BCUT2D eigenvalue weighted by molar-refractivity contribution is 5.93. The third kappa shape index (κ3) is 8.42. The van der Waals surface area contributed by atoms with Gasteiger partial charge in [0.2, 0.25) is 11.8 Å². The van der Waals surface area contributed by atoms with Crippen LogP contribution in [-0.2, 0) is 14.3 Å². The SMILES string of the molecule is CCCCNC(=O)C(c1cccc(C)c1O)N(C(=O)C(CO)NC(=O)OC(C)(C)C)C(C)(C)CC. The van der Waals surface area contributed by atoms with E-state index in [1.165, 1.54) is 4.90 Å². The van der Waals surface area contributed by atoms with Gasteiger partial charge >= 0.3 is 6.09 Å². The zero-order chi connectivity index (χ0) is 27.0.